The molecule has 0 saturated carbocycles. The van der Waals surface area contributed by atoms with Gasteiger partial charge in [-0.05, 0) is 60.7 Å². The average molecular weight is 495 g/mol. The van der Waals surface area contributed by atoms with Crippen LogP contribution in [0.1, 0.15) is 16.2 Å². The molecule has 2 amide bonds. The minimum absolute atomic E-state index is 0.0729. The van der Waals surface area contributed by atoms with Gasteiger partial charge in [0.2, 0.25) is 5.91 Å². The van der Waals surface area contributed by atoms with Gasteiger partial charge in [0, 0.05) is 29.9 Å². The summed E-state index contributed by atoms with van der Waals surface area (Å²) in [6.07, 6.45) is 0. The predicted molar refractivity (Wildman–Crippen MR) is 130 cm³/mol. The van der Waals surface area contributed by atoms with Crippen molar-refractivity contribution in [1.29, 1.82) is 0 Å². The second kappa shape index (κ2) is 9.85. The van der Waals surface area contributed by atoms with Gasteiger partial charge in [0.05, 0.1) is 18.6 Å². The van der Waals surface area contributed by atoms with Crippen LogP contribution in [0.4, 0.5) is 11.4 Å². The van der Waals surface area contributed by atoms with Crippen LogP contribution < -0.4 is 20.1 Å². The molecule has 0 fully saturated rings. The first-order chi connectivity index (χ1) is 16.7. The van der Waals surface area contributed by atoms with E-state index in [0.717, 1.165) is 0 Å². The summed E-state index contributed by atoms with van der Waals surface area (Å²) in [5.41, 5.74) is 2.30. The number of anilines is 2. The largest absolute Gasteiger partial charge is 0.497 e. The van der Waals surface area contributed by atoms with Gasteiger partial charge in [0.15, 0.2) is 11.5 Å². The van der Waals surface area contributed by atoms with E-state index in [2.05, 4.69) is 20.3 Å². The number of sulfonamides is 1. The molecule has 1 heterocycles. The molecule has 0 unspecified atom stereocenters. The number of fused-ring (bicyclic) bond motifs is 1. The van der Waals surface area contributed by atoms with Gasteiger partial charge in [-0.2, -0.15) is 0 Å². The molecule has 0 aliphatic heterocycles. The van der Waals surface area contributed by atoms with Gasteiger partial charge in [-0.25, -0.2) is 13.4 Å². The van der Waals surface area contributed by atoms with E-state index in [4.69, 9.17) is 9.15 Å². The number of aromatic nitrogens is 1. The number of benzene rings is 3. The lowest BCUT2D eigenvalue weighted by atomic mass is 10.2. The first-order valence-electron chi connectivity index (χ1n) is 10.5. The number of nitrogens with one attached hydrogen (secondary N) is 3. The lowest BCUT2D eigenvalue weighted by Crippen LogP contribution is -2.32. The summed E-state index contributed by atoms with van der Waals surface area (Å²) in [7, 11) is -2.31. The Hall–Kier alpha value is -4.38. The third-order valence-electron chi connectivity index (χ3n) is 4.96. The quantitative estimate of drug-likeness (QED) is 0.341. The maximum Gasteiger partial charge on any atom is 0.261 e. The molecular weight excluding hydrogens is 472 g/mol. The molecule has 3 N–H and O–H groups in total. The van der Waals surface area contributed by atoms with Crippen molar-refractivity contribution in [1.82, 2.24) is 10.3 Å². The number of amides is 2. The van der Waals surface area contributed by atoms with E-state index in [-0.39, 0.29) is 22.7 Å². The van der Waals surface area contributed by atoms with Crippen molar-refractivity contribution in [3.05, 3.63) is 78.2 Å². The smallest absolute Gasteiger partial charge is 0.261 e. The van der Waals surface area contributed by atoms with Crippen molar-refractivity contribution < 1.29 is 27.2 Å². The summed E-state index contributed by atoms with van der Waals surface area (Å²) in [5.74, 6) is 0.165. The van der Waals surface area contributed by atoms with Gasteiger partial charge >= 0.3 is 0 Å². The zero-order valence-corrected chi connectivity index (χ0v) is 19.7. The molecule has 4 rings (SSSR count). The van der Waals surface area contributed by atoms with Crippen LogP contribution in [-0.2, 0) is 14.8 Å². The van der Waals surface area contributed by atoms with Crippen molar-refractivity contribution >= 4 is 44.3 Å². The Morgan fingerprint density at radius 1 is 0.971 bits per heavy atom. The second-order valence-electron chi connectivity index (χ2n) is 7.50. The van der Waals surface area contributed by atoms with Crippen molar-refractivity contribution in [3.63, 3.8) is 0 Å². The van der Waals surface area contributed by atoms with Crippen LogP contribution in [0.25, 0.3) is 11.1 Å². The van der Waals surface area contributed by atoms with Crippen LogP contribution in [0.3, 0.4) is 0 Å². The summed E-state index contributed by atoms with van der Waals surface area (Å²) < 4.78 is 38.0. The molecule has 3 aromatic carbocycles. The molecule has 0 aliphatic carbocycles. The molecule has 180 valence electrons. The molecule has 10 nitrogen and oxygen atoms in total. The SMILES string of the molecule is COc1ccc(S(=O)(=O)Nc2ccc(C(=O)NCC(=O)Nc3ccc4nc(C)oc4c3)cc2)cc1. The highest BCUT2D eigenvalue weighted by atomic mass is 32.2. The third-order valence-corrected chi connectivity index (χ3v) is 6.35. The Kier molecular flexibility index (Phi) is 6.69. The number of rotatable bonds is 8. The minimum Gasteiger partial charge on any atom is -0.497 e. The van der Waals surface area contributed by atoms with E-state index >= 15 is 0 Å². The fourth-order valence-electron chi connectivity index (χ4n) is 3.24. The van der Waals surface area contributed by atoms with Crippen molar-refractivity contribution in [2.24, 2.45) is 0 Å². The molecule has 4 aromatic rings. The van der Waals surface area contributed by atoms with E-state index in [9.17, 15) is 18.0 Å². The molecule has 0 atom stereocenters. The van der Waals surface area contributed by atoms with Crippen LogP contribution in [0.5, 0.6) is 5.75 Å². The van der Waals surface area contributed by atoms with E-state index in [1.54, 1.807) is 37.3 Å². The Bertz CT molecular complexity index is 1480. The zero-order valence-electron chi connectivity index (χ0n) is 18.9. The van der Waals surface area contributed by atoms with Gasteiger partial charge in [-0.1, -0.05) is 0 Å². The van der Waals surface area contributed by atoms with Crippen LogP contribution >= 0.6 is 0 Å². The second-order valence-corrected chi connectivity index (χ2v) is 9.19. The number of methoxy groups -OCH3 is 1. The molecule has 0 spiro atoms. The van der Waals surface area contributed by atoms with Crippen LogP contribution in [0.15, 0.2) is 76.0 Å². The van der Waals surface area contributed by atoms with Crippen LogP contribution in [-0.4, -0.2) is 38.9 Å². The monoisotopic (exact) mass is 494 g/mol. The number of hydrogen-bond donors (Lipinski definition) is 3. The predicted octanol–water partition coefficient (Wildman–Crippen LogP) is 3.31. The molecule has 0 bridgehead atoms. The lowest BCUT2D eigenvalue weighted by Gasteiger charge is -2.10. The topological polar surface area (TPSA) is 140 Å². The Labute approximate surface area is 201 Å². The van der Waals surface area contributed by atoms with E-state index in [1.807, 2.05) is 0 Å². The Balaban J connectivity index is 1.31. The summed E-state index contributed by atoms with van der Waals surface area (Å²) in [4.78, 5) is 28.9. The first-order valence-corrected chi connectivity index (χ1v) is 11.9. The van der Waals surface area contributed by atoms with E-state index in [1.165, 1.54) is 43.5 Å². The van der Waals surface area contributed by atoms with Gasteiger partial charge in [-0.15, -0.1) is 0 Å². The summed E-state index contributed by atoms with van der Waals surface area (Å²) >= 11 is 0. The first kappa shape index (κ1) is 23.8. The third kappa shape index (κ3) is 5.76. The highest BCUT2D eigenvalue weighted by molar-refractivity contribution is 7.92. The number of hydrogen-bond acceptors (Lipinski definition) is 7. The van der Waals surface area contributed by atoms with Gasteiger partial charge in [0.25, 0.3) is 15.9 Å². The highest BCUT2D eigenvalue weighted by Crippen LogP contribution is 2.21. The fraction of sp³-hybridized carbons (Fsp3) is 0.125. The number of oxazole rings is 1. The van der Waals surface area contributed by atoms with Crippen molar-refractivity contribution in [2.45, 2.75) is 11.8 Å². The number of aryl methyl sites for hydroxylation is 1. The van der Waals surface area contributed by atoms with Gasteiger partial charge in [0.1, 0.15) is 11.3 Å². The summed E-state index contributed by atoms with van der Waals surface area (Å²) in [6.45, 7) is 1.48. The standard InChI is InChI=1S/C24H22N4O6S/c1-15-26-21-12-7-18(13-22(21)34-15)27-23(29)14-25-24(30)16-3-5-17(6-4-16)28-35(31,32)20-10-8-19(33-2)9-11-20/h3-13,28H,14H2,1-2H3,(H,25,30)(H,27,29). The van der Waals surface area contributed by atoms with Crippen molar-refractivity contribution in [2.75, 3.05) is 23.7 Å². The Morgan fingerprint density at radius 2 is 1.66 bits per heavy atom. The molecular formula is C24H22N4O6S. The van der Waals surface area contributed by atoms with Crippen LogP contribution in [0.2, 0.25) is 0 Å². The number of carbonyl (C=O) groups excluding carboxylic acids is 2. The highest BCUT2D eigenvalue weighted by Gasteiger charge is 2.15. The average Bonchev–Trinajstić information content (AvgIpc) is 3.22. The fourth-order valence-corrected chi connectivity index (χ4v) is 4.30. The molecule has 11 heteroatoms. The molecule has 0 radical (unpaired) electrons. The molecule has 35 heavy (non-hydrogen) atoms. The molecule has 1 aromatic heterocycles. The Morgan fingerprint density at radius 3 is 2.34 bits per heavy atom. The maximum atomic E-state index is 12.5. The lowest BCUT2D eigenvalue weighted by molar-refractivity contribution is -0.115. The minimum atomic E-state index is -3.80. The van der Waals surface area contributed by atoms with Gasteiger partial charge < -0.3 is 19.8 Å². The number of nitrogens with zero attached hydrogens (tertiary/aromatic N) is 1. The number of carbonyl (C=O) groups is 2. The summed E-state index contributed by atoms with van der Waals surface area (Å²) in [5, 5.41) is 5.21. The van der Waals surface area contributed by atoms with E-state index < -0.39 is 21.8 Å². The molecule has 0 aliphatic rings. The van der Waals surface area contributed by atoms with Crippen molar-refractivity contribution in [3.8, 4) is 5.75 Å². The summed E-state index contributed by atoms with van der Waals surface area (Å²) in [6, 6.07) is 16.9. The maximum absolute atomic E-state index is 12.5. The van der Waals surface area contributed by atoms with Gasteiger partial charge in [-0.3, -0.25) is 14.3 Å². The van der Waals surface area contributed by atoms with E-state index in [0.29, 0.717) is 28.4 Å². The van der Waals surface area contributed by atoms with Crippen LogP contribution in [0, 0.1) is 6.92 Å². The molecule has 0 saturated heterocycles. The normalized spacial score (nSPS) is 11.1. The number of ether oxygens (including phenoxy) is 1. The zero-order chi connectivity index (χ0) is 25.0.